The Balaban J connectivity index is 1.89. The highest BCUT2D eigenvalue weighted by Crippen LogP contribution is 2.25. The number of halogens is 2. The van der Waals surface area contributed by atoms with E-state index in [0.29, 0.717) is 15.6 Å². The van der Waals surface area contributed by atoms with Gasteiger partial charge in [-0.25, -0.2) is 14.3 Å². The molecule has 1 aromatic carbocycles. The summed E-state index contributed by atoms with van der Waals surface area (Å²) >= 11 is 12.0. The van der Waals surface area contributed by atoms with Crippen LogP contribution in [0.4, 0.5) is 0 Å². The molecule has 0 aliphatic rings. The van der Waals surface area contributed by atoms with Crippen molar-refractivity contribution in [2.45, 2.75) is 19.5 Å². The minimum atomic E-state index is -0.612. The molecule has 1 unspecified atom stereocenters. The molecule has 0 fully saturated rings. The van der Waals surface area contributed by atoms with Gasteiger partial charge >= 0.3 is 5.69 Å². The van der Waals surface area contributed by atoms with E-state index in [4.69, 9.17) is 23.2 Å². The van der Waals surface area contributed by atoms with Crippen LogP contribution in [0.15, 0.2) is 34.1 Å². The number of benzene rings is 1. The molecule has 0 bridgehead atoms. The topological polar surface area (TPSA) is 90.9 Å². The third kappa shape index (κ3) is 3.50. The molecule has 2 aromatic heterocycles. The molecule has 10 heteroatoms. The highest BCUT2D eigenvalue weighted by molar-refractivity contribution is 6.35. The fraction of sp³-hybridized carbons (Fsp3) is 0.294. The molecule has 27 heavy (non-hydrogen) atoms. The Bertz CT molecular complexity index is 1160. The summed E-state index contributed by atoms with van der Waals surface area (Å²) in [5.74, 6) is -0.491. The quantitative estimate of drug-likeness (QED) is 0.708. The molecular formula is C17H17Cl2N5O3. The maximum absolute atomic E-state index is 12.6. The molecule has 0 saturated heterocycles. The number of amides is 1. The van der Waals surface area contributed by atoms with Crippen LogP contribution in [-0.4, -0.2) is 24.6 Å². The van der Waals surface area contributed by atoms with Crippen molar-refractivity contribution in [3.05, 3.63) is 61.0 Å². The van der Waals surface area contributed by atoms with Gasteiger partial charge in [0.15, 0.2) is 11.2 Å². The van der Waals surface area contributed by atoms with Gasteiger partial charge < -0.3 is 9.88 Å². The molecule has 0 radical (unpaired) electrons. The summed E-state index contributed by atoms with van der Waals surface area (Å²) in [6.07, 6.45) is 1.44. The van der Waals surface area contributed by atoms with E-state index in [9.17, 15) is 14.4 Å². The van der Waals surface area contributed by atoms with E-state index < -0.39 is 29.7 Å². The average molecular weight is 410 g/mol. The molecule has 0 aliphatic heterocycles. The molecule has 0 spiro atoms. The van der Waals surface area contributed by atoms with Crippen molar-refractivity contribution < 1.29 is 4.79 Å². The molecule has 142 valence electrons. The lowest BCUT2D eigenvalue weighted by atomic mass is 10.1. The van der Waals surface area contributed by atoms with E-state index in [1.54, 1.807) is 32.2 Å². The molecule has 1 amide bonds. The van der Waals surface area contributed by atoms with Gasteiger partial charge in [-0.2, -0.15) is 0 Å². The van der Waals surface area contributed by atoms with Gasteiger partial charge in [0, 0.05) is 24.1 Å². The maximum Gasteiger partial charge on any atom is 0.332 e. The monoisotopic (exact) mass is 409 g/mol. The fourth-order valence-corrected chi connectivity index (χ4v) is 3.47. The molecule has 0 saturated carbocycles. The first kappa shape index (κ1) is 19.2. The van der Waals surface area contributed by atoms with Crippen molar-refractivity contribution in [1.82, 2.24) is 24.0 Å². The smallest absolute Gasteiger partial charge is 0.332 e. The largest absolute Gasteiger partial charge is 0.348 e. The Morgan fingerprint density at radius 3 is 2.63 bits per heavy atom. The first-order chi connectivity index (χ1) is 12.7. The van der Waals surface area contributed by atoms with Gasteiger partial charge in [-0.3, -0.25) is 14.2 Å². The lowest BCUT2D eigenvalue weighted by Gasteiger charge is -2.16. The van der Waals surface area contributed by atoms with Crippen LogP contribution in [0.25, 0.3) is 11.2 Å². The van der Waals surface area contributed by atoms with Crippen LogP contribution in [0.2, 0.25) is 10.0 Å². The minimum Gasteiger partial charge on any atom is -0.348 e. The van der Waals surface area contributed by atoms with E-state index in [1.165, 1.54) is 22.5 Å². The van der Waals surface area contributed by atoms with Gasteiger partial charge in [0.1, 0.15) is 6.54 Å². The van der Waals surface area contributed by atoms with Gasteiger partial charge in [0.25, 0.3) is 5.56 Å². The van der Waals surface area contributed by atoms with Gasteiger partial charge in [0.05, 0.1) is 12.4 Å². The van der Waals surface area contributed by atoms with Crippen LogP contribution in [0, 0.1) is 0 Å². The van der Waals surface area contributed by atoms with Crippen molar-refractivity contribution >= 4 is 40.3 Å². The number of carbonyl (C=O) groups is 1. The van der Waals surface area contributed by atoms with Gasteiger partial charge in [-0.1, -0.05) is 29.3 Å². The Morgan fingerprint density at radius 2 is 1.96 bits per heavy atom. The van der Waals surface area contributed by atoms with Crippen LogP contribution >= 0.6 is 23.2 Å². The second-order valence-corrected chi connectivity index (χ2v) is 7.06. The molecular weight excluding hydrogens is 393 g/mol. The van der Waals surface area contributed by atoms with Gasteiger partial charge in [0.2, 0.25) is 5.91 Å². The van der Waals surface area contributed by atoms with Crippen LogP contribution in [0.5, 0.6) is 0 Å². The van der Waals surface area contributed by atoms with E-state index in [2.05, 4.69) is 10.3 Å². The minimum absolute atomic E-state index is 0.249. The first-order valence-corrected chi connectivity index (χ1v) is 8.81. The Labute approximate surface area is 163 Å². The van der Waals surface area contributed by atoms with Crippen LogP contribution < -0.4 is 16.6 Å². The van der Waals surface area contributed by atoms with Crippen LogP contribution in [0.3, 0.4) is 0 Å². The summed E-state index contributed by atoms with van der Waals surface area (Å²) in [7, 11) is 3.15. The second kappa shape index (κ2) is 7.21. The number of aryl methyl sites for hydroxylation is 2. The SMILES string of the molecule is CC(NC(=O)Cn1c(=O)c2c(ncn2C)n(C)c1=O)c1ccc(Cl)cc1Cl. The third-order valence-electron chi connectivity index (χ3n) is 4.31. The van der Waals surface area contributed by atoms with Crippen molar-refractivity contribution in [1.29, 1.82) is 0 Å². The lowest BCUT2D eigenvalue weighted by molar-refractivity contribution is -0.122. The number of nitrogens with one attached hydrogen (secondary N) is 1. The number of imidazole rings is 1. The molecule has 1 atom stereocenters. The summed E-state index contributed by atoms with van der Waals surface area (Å²) in [5, 5.41) is 3.64. The number of carbonyl (C=O) groups excluding carboxylic acids is 1. The highest BCUT2D eigenvalue weighted by atomic mass is 35.5. The number of nitrogens with zero attached hydrogens (tertiary/aromatic N) is 4. The lowest BCUT2D eigenvalue weighted by Crippen LogP contribution is -2.43. The zero-order valence-electron chi connectivity index (χ0n) is 14.9. The molecule has 0 aliphatic carbocycles. The fourth-order valence-electron chi connectivity index (χ4n) is 2.90. The number of fused-ring (bicyclic) bond motifs is 1. The summed E-state index contributed by atoms with van der Waals surface area (Å²) in [6.45, 7) is 1.33. The number of hydrogen-bond donors (Lipinski definition) is 1. The highest BCUT2D eigenvalue weighted by Gasteiger charge is 2.18. The molecule has 3 aromatic rings. The van der Waals surface area contributed by atoms with Gasteiger partial charge in [-0.15, -0.1) is 0 Å². The van der Waals surface area contributed by atoms with Crippen molar-refractivity contribution in [3.8, 4) is 0 Å². The number of aromatic nitrogens is 4. The van der Waals surface area contributed by atoms with Crippen molar-refractivity contribution in [2.75, 3.05) is 0 Å². The van der Waals surface area contributed by atoms with E-state index in [1.807, 2.05) is 0 Å². The summed E-state index contributed by atoms with van der Waals surface area (Å²) in [4.78, 5) is 41.6. The van der Waals surface area contributed by atoms with E-state index >= 15 is 0 Å². The van der Waals surface area contributed by atoms with E-state index in [0.717, 1.165) is 4.57 Å². The second-order valence-electron chi connectivity index (χ2n) is 6.22. The van der Waals surface area contributed by atoms with Gasteiger partial charge in [-0.05, 0) is 24.6 Å². The molecule has 8 nitrogen and oxygen atoms in total. The first-order valence-electron chi connectivity index (χ1n) is 8.06. The number of hydrogen-bond acceptors (Lipinski definition) is 4. The zero-order chi connectivity index (χ0) is 19.9. The molecule has 2 heterocycles. The van der Waals surface area contributed by atoms with E-state index in [-0.39, 0.29) is 11.2 Å². The third-order valence-corrected chi connectivity index (χ3v) is 4.87. The zero-order valence-corrected chi connectivity index (χ0v) is 16.4. The molecule has 1 N–H and O–H groups in total. The van der Waals surface area contributed by atoms with Crippen LogP contribution in [-0.2, 0) is 25.4 Å². The predicted molar refractivity (Wildman–Crippen MR) is 103 cm³/mol. The number of rotatable bonds is 4. The summed E-state index contributed by atoms with van der Waals surface area (Å²) < 4.78 is 3.64. The van der Waals surface area contributed by atoms with Crippen molar-refractivity contribution in [2.24, 2.45) is 14.1 Å². The van der Waals surface area contributed by atoms with Crippen LogP contribution in [0.1, 0.15) is 18.5 Å². The normalized spacial score (nSPS) is 12.3. The average Bonchev–Trinajstić information content (AvgIpc) is 2.98. The Hall–Kier alpha value is -2.58. The summed E-state index contributed by atoms with van der Waals surface area (Å²) in [6, 6.07) is 4.53. The standard InChI is InChI=1S/C17H17Cl2N5O3/c1-9(11-5-4-10(18)6-12(11)19)21-13(25)7-24-16(26)14-15(20-8-22(14)2)23(3)17(24)27/h4-6,8-9H,7H2,1-3H3,(H,21,25). The van der Waals surface area contributed by atoms with Crippen molar-refractivity contribution in [3.63, 3.8) is 0 Å². The summed E-state index contributed by atoms with van der Waals surface area (Å²) in [5.41, 5.74) is 0.0138. The Morgan fingerprint density at radius 1 is 1.26 bits per heavy atom. The molecule has 3 rings (SSSR count). The Kier molecular flexibility index (Phi) is 5.12. The predicted octanol–water partition coefficient (Wildman–Crippen LogP) is 1.62. The maximum atomic E-state index is 12.6.